The molecule has 0 radical (unpaired) electrons. The van der Waals surface area contributed by atoms with Crippen LogP contribution in [0.25, 0.3) is 0 Å². The lowest BCUT2D eigenvalue weighted by Crippen LogP contribution is -2.35. The lowest BCUT2D eigenvalue weighted by atomic mass is 10.1. The number of nitrogens with two attached hydrogens (primary N) is 1. The Morgan fingerprint density at radius 3 is 3.00 bits per heavy atom. The smallest absolute Gasteiger partial charge is 0.313 e. The van der Waals surface area contributed by atoms with Gasteiger partial charge in [-0.2, -0.15) is 0 Å². The largest absolute Gasteiger partial charge is 0.497 e. The summed E-state index contributed by atoms with van der Waals surface area (Å²) in [7, 11) is 1.60. The summed E-state index contributed by atoms with van der Waals surface area (Å²) in [6.45, 7) is 0.982. The summed E-state index contributed by atoms with van der Waals surface area (Å²) in [6.07, 6.45) is 0. The topological polar surface area (TPSA) is 70.8 Å². The van der Waals surface area contributed by atoms with Crippen molar-refractivity contribution >= 4 is 5.97 Å². The molecule has 1 aromatic carbocycles. The van der Waals surface area contributed by atoms with E-state index in [9.17, 15) is 4.79 Å². The molecule has 1 aliphatic heterocycles. The van der Waals surface area contributed by atoms with Crippen LogP contribution in [0.1, 0.15) is 5.56 Å². The molecule has 1 fully saturated rings. The van der Waals surface area contributed by atoms with E-state index in [-0.39, 0.29) is 24.5 Å². The zero-order valence-corrected chi connectivity index (χ0v) is 10.3. The van der Waals surface area contributed by atoms with E-state index in [4.69, 9.17) is 19.9 Å². The quantitative estimate of drug-likeness (QED) is 0.798. The van der Waals surface area contributed by atoms with E-state index in [0.29, 0.717) is 13.2 Å². The minimum absolute atomic E-state index is 0.221. The van der Waals surface area contributed by atoms with Crippen LogP contribution >= 0.6 is 0 Å². The van der Waals surface area contributed by atoms with Crippen molar-refractivity contribution in [2.24, 2.45) is 11.7 Å². The maximum Gasteiger partial charge on any atom is 0.313 e. The molecule has 98 valence electrons. The van der Waals surface area contributed by atoms with Gasteiger partial charge in [0.05, 0.1) is 26.2 Å². The second-order valence-corrected chi connectivity index (χ2v) is 4.27. The van der Waals surface area contributed by atoms with Crippen LogP contribution in [0.4, 0.5) is 0 Å². The molecule has 5 nitrogen and oxygen atoms in total. The molecular formula is C13H17NO4. The van der Waals surface area contributed by atoms with Crippen LogP contribution in [0.2, 0.25) is 0 Å². The predicted octanol–water partition coefficient (Wildman–Crippen LogP) is 0.712. The van der Waals surface area contributed by atoms with Crippen molar-refractivity contribution in [3.05, 3.63) is 29.8 Å². The molecule has 1 aliphatic rings. The van der Waals surface area contributed by atoms with Gasteiger partial charge in [-0.05, 0) is 17.7 Å². The highest BCUT2D eigenvalue weighted by molar-refractivity contribution is 5.73. The first kappa shape index (κ1) is 12.9. The maximum atomic E-state index is 11.8. The number of benzene rings is 1. The average molecular weight is 251 g/mol. The summed E-state index contributed by atoms with van der Waals surface area (Å²) in [5.74, 6) is 0.0860. The van der Waals surface area contributed by atoms with Gasteiger partial charge in [0, 0.05) is 6.04 Å². The van der Waals surface area contributed by atoms with Gasteiger partial charge < -0.3 is 19.9 Å². The molecule has 0 aromatic heterocycles. The standard InChI is InChI=1S/C13H17NO4/c1-16-10-4-2-3-9(5-10)6-18-13(15)11-7-17-8-12(11)14/h2-5,11-12H,6-8,14H2,1H3. The highest BCUT2D eigenvalue weighted by atomic mass is 16.5. The van der Waals surface area contributed by atoms with Crippen LogP contribution < -0.4 is 10.5 Å². The van der Waals surface area contributed by atoms with Crippen LogP contribution in [-0.4, -0.2) is 32.3 Å². The van der Waals surface area contributed by atoms with Crippen LogP contribution in [0.3, 0.4) is 0 Å². The zero-order chi connectivity index (χ0) is 13.0. The van der Waals surface area contributed by atoms with Crippen molar-refractivity contribution < 1.29 is 19.0 Å². The van der Waals surface area contributed by atoms with Gasteiger partial charge in [-0.3, -0.25) is 4.79 Å². The molecule has 18 heavy (non-hydrogen) atoms. The van der Waals surface area contributed by atoms with Crippen LogP contribution in [0.5, 0.6) is 5.75 Å². The zero-order valence-electron chi connectivity index (χ0n) is 10.3. The highest BCUT2D eigenvalue weighted by Gasteiger charge is 2.32. The maximum absolute atomic E-state index is 11.8. The number of carbonyl (C=O) groups is 1. The summed E-state index contributed by atoms with van der Waals surface area (Å²) in [6, 6.07) is 7.14. The van der Waals surface area contributed by atoms with Gasteiger partial charge in [0.25, 0.3) is 0 Å². The van der Waals surface area contributed by atoms with Crippen LogP contribution in [-0.2, 0) is 20.9 Å². The van der Waals surface area contributed by atoms with Crippen molar-refractivity contribution in [2.45, 2.75) is 12.6 Å². The first-order valence-electron chi connectivity index (χ1n) is 5.83. The van der Waals surface area contributed by atoms with Gasteiger partial charge in [0.15, 0.2) is 0 Å². The molecule has 0 aliphatic carbocycles. The van der Waals surface area contributed by atoms with Crippen molar-refractivity contribution in [3.63, 3.8) is 0 Å². The minimum atomic E-state index is -0.351. The number of hydrogen-bond donors (Lipinski definition) is 1. The summed E-state index contributed by atoms with van der Waals surface area (Å²) in [5.41, 5.74) is 6.63. The monoisotopic (exact) mass is 251 g/mol. The van der Waals surface area contributed by atoms with Gasteiger partial charge >= 0.3 is 5.97 Å². The molecule has 2 unspecified atom stereocenters. The molecule has 2 N–H and O–H groups in total. The predicted molar refractivity (Wildman–Crippen MR) is 65.1 cm³/mol. The Bertz CT molecular complexity index is 421. The van der Waals surface area contributed by atoms with Gasteiger partial charge in [-0.25, -0.2) is 0 Å². The fourth-order valence-corrected chi connectivity index (χ4v) is 1.84. The molecule has 0 amide bonds. The molecule has 0 bridgehead atoms. The third-order valence-corrected chi connectivity index (χ3v) is 2.94. The number of esters is 1. The van der Waals surface area contributed by atoms with E-state index in [1.54, 1.807) is 7.11 Å². The third kappa shape index (κ3) is 3.00. The molecule has 1 aromatic rings. The van der Waals surface area contributed by atoms with E-state index in [1.807, 2.05) is 24.3 Å². The number of methoxy groups -OCH3 is 1. The van der Waals surface area contributed by atoms with E-state index in [0.717, 1.165) is 11.3 Å². The molecular weight excluding hydrogens is 234 g/mol. The number of carbonyl (C=O) groups excluding carboxylic acids is 1. The molecule has 2 atom stereocenters. The summed E-state index contributed by atoms with van der Waals surface area (Å²) in [5, 5.41) is 0. The minimum Gasteiger partial charge on any atom is -0.497 e. The van der Waals surface area contributed by atoms with Gasteiger partial charge in [0.2, 0.25) is 0 Å². The molecule has 0 spiro atoms. The number of ether oxygens (including phenoxy) is 3. The number of rotatable bonds is 4. The fourth-order valence-electron chi connectivity index (χ4n) is 1.84. The fraction of sp³-hybridized carbons (Fsp3) is 0.462. The normalized spacial score (nSPS) is 22.8. The molecule has 5 heteroatoms. The van der Waals surface area contributed by atoms with Gasteiger partial charge in [-0.1, -0.05) is 12.1 Å². The second kappa shape index (κ2) is 5.84. The van der Waals surface area contributed by atoms with Crippen LogP contribution in [0, 0.1) is 5.92 Å². The van der Waals surface area contributed by atoms with Crippen molar-refractivity contribution in [3.8, 4) is 5.75 Å². The van der Waals surface area contributed by atoms with Crippen LogP contribution in [0.15, 0.2) is 24.3 Å². The first-order valence-corrected chi connectivity index (χ1v) is 5.83. The van der Waals surface area contributed by atoms with E-state index < -0.39 is 0 Å². The SMILES string of the molecule is COc1cccc(COC(=O)C2COCC2N)c1. The lowest BCUT2D eigenvalue weighted by Gasteiger charge is -2.12. The first-order chi connectivity index (χ1) is 8.70. The summed E-state index contributed by atoms with van der Waals surface area (Å²) in [4.78, 5) is 11.8. The Balaban J connectivity index is 1.88. The van der Waals surface area contributed by atoms with Gasteiger partial charge in [0.1, 0.15) is 12.4 Å². The summed E-state index contributed by atoms with van der Waals surface area (Å²) < 4.78 is 15.5. The summed E-state index contributed by atoms with van der Waals surface area (Å²) >= 11 is 0. The third-order valence-electron chi connectivity index (χ3n) is 2.94. The molecule has 0 saturated carbocycles. The van der Waals surface area contributed by atoms with Crippen molar-refractivity contribution in [2.75, 3.05) is 20.3 Å². The van der Waals surface area contributed by atoms with Gasteiger partial charge in [-0.15, -0.1) is 0 Å². The highest BCUT2D eigenvalue weighted by Crippen LogP contribution is 2.16. The second-order valence-electron chi connectivity index (χ2n) is 4.27. The van der Waals surface area contributed by atoms with Crippen molar-refractivity contribution in [1.29, 1.82) is 0 Å². The Labute approximate surface area is 106 Å². The van der Waals surface area contributed by atoms with E-state index >= 15 is 0 Å². The Morgan fingerprint density at radius 1 is 1.50 bits per heavy atom. The van der Waals surface area contributed by atoms with Crippen molar-refractivity contribution in [1.82, 2.24) is 0 Å². The molecule has 2 rings (SSSR count). The Morgan fingerprint density at radius 2 is 2.33 bits per heavy atom. The number of hydrogen-bond acceptors (Lipinski definition) is 5. The molecule has 1 saturated heterocycles. The average Bonchev–Trinajstić information content (AvgIpc) is 2.82. The van der Waals surface area contributed by atoms with E-state index in [2.05, 4.69) is 0 Å². The Kier molecular flexibility index (Phi) is 4.17. The Hall–Kier alpha value is -1.59. The lowest BCUT2D eigenvalue weighted by molar-refractivity contribution is -0.150. The van der Waals surface area contributed by atoms with E-state index in [1.165, 1.54) is 0 Å². The molecule has 1 heterocycles.